The highest BCUT2D eigenvalue weighted by Gasteiger charge is 2.33. The number of amides is 2. The van der Waals surface area contributed by atoms with Crippen LogP contribution in [-0.2, 0) is 19.1 Å². The Hall–Kier alpha value is -2.39. The van der Waals surface area contributed by atoms with Crippen molar-refractivity contribution in [2.75, 3.05) is 39.2 Å². The molecule has 1 aromatic rings. The first-order valence-electron chi connectivity index (χ1n) is 8.83. The summed E-state index contributed by atoms with van der Waals surface area (Å²) in [7, 11) is 4.50. The normalized spacial score (nSPS) is 18.4. The van der Waals surface area contributed by atoms with Crippen molar-refractivity contribution in [2.45, 2.75) is 24.6 Å². The second-order valence-corrected chi connectivity index (χ2v) is 8.09. The Morgan fingerprint density at radius 3 is 2.39 bits per heavy atom. The molecular formula is C19H25N3O5S. The van der Waals surface area contributed by atoms with E-state index in [-0.39, 0.29) is 34.8 Å². The highest BCUT2D eigenvalue weighted by atomic mass is 32.2. The average Bonchev–Trinajstić information content (AvgIpc) is 3.13. The van der Waals surface area contributed by atoms with Crippen molar-refractivity contribution in [3.05, 3.63) is 29.8 Å². The Bertz CT molecular complexity index is 752. The molecule has 1 aromatic carbocycles. The van der Waals surface area contributed by atoms with Gasteiger partial charge in [0.05, 0.1) is 25.3 Å². The molecule has 0 spiro atoms. The summed E-state index contributed by atoms with van der Waals surface area (Å²) in [5.41, 5.74) is 1.00. The Morgan fingerprint density at radius 1 is 1.18 bits per heavy atom. The van der Waals surface area contributed by atoms with Crippen LogP contribution in [0.25, 0.3) is 0 Å². The summed E-state index contributed by atoms with van der Waals surface area (Å²) in [6.45, 7) is 2.03. The first-order chi connectivity index (χ1) is 13.2. The van der Waals surface area contributed by atoms with Gasteiger partial charge in [0.25, 0.3) is 0 Å². The standard InChI is InChI=1S/C19H25N3O5S/c1-12(23)28-15-9-16(20-10-15)18(25)21(2)11-17(24)22(3)14-7-5-13(6-8-14)19(26)27-4/h5-8,15-16,20H,9-11H2,1-4H3. The maximum Gasteiger partial charge on any atom is 0.337 e. The molecule has 1 N–H and O–H groups in total. The fourth-order valence-electron chi connectivity index (χ4n) is 2.95. The molecule has 0 aromatic heterocycles. The zero-order valence-corrected chi connectivity index (χ0v) is 17.2. The Kier molecular flexibility index (Phi) is 7.59. The lowest BCUT2D eigenvalue weighted by molar-refractivity contribution is -0.135. The van der Waals surface area contributed by atoms with Gasteiger partial charge in [-0.15, -0.1) is 0 Å². The van der Waals surface area contributed by atoms with Gasteiger partial charge in [0.2, 0.25) is 11.8 Å². The molecule has 9 heteroatoms. The maximum absolute atomic E-state index is 12.6. The minimum Gasteiger partial charge on any atom is -0.465 e. The number of nitrogens with zero attached hydrogens (tertiary/aromatic N) is 2. The van der Waals surface area contributed by atoms with Gasteiger partial charge in [-0.2, -0.15) is 0 Å². The number of anilines is 1. The highest BCUT2D eigenvalue weighted by molar-refractivity contribution is 8.14. The summed E-state index contributed by atoms with van der Waals surface area (Å²) in [6, 6.07) is 6.06. The van der Waals surface area contributed by atoms with Crippen molar-refractivity contribution in [3.8, 4) is 0 Å². The predicted octanol–water partition coefficient (Wildman–Crippen LogP) is 0.905. The molecule has 0 bridgehead atoms. The molecule has 0 saturated carbocycles. The molecule has 1 aliphatic rings. The summed E-state index contributed by atoms with van der Waals surface area (Å²) < 4.78 is 4.65. The van der Waals surface area contributed by atoms with E-state index in [4.69, 9.17) is 0 Å². The Balaban J connectivity index is 1.91. The van der Waals surface area contributed by atoms with Crippen LogP contribution in [-0.4, -0.2) is 73.4 Å². The lowest BCUT2D eigenvalue weighted by atomic mass is 10.2. The molecule has 0 aliphatic carbocycles. The van der Waals surface area contributed by atoms with Gasteiger partial charge in [0.1, 0.15) is 0 Å². The second kappa shape index (κ2) is 9.70. The van der Waals surface area contributed by atoms with E-state index in [1.807, 2.05) is 0 Å². The fraction of sp³-hybridized carbons (Fsp3) is 0.474. The molecule has 2 amide bonds. The fourth-order valence-corrected chi connectivity index (χ4v) is 3.89. The molecule has 8 nitrogen and oxygen atoms in total. The summed E-state index contributed by atoms with van der Waals surface area (Å²) in [5.74, 6) is -0.875. The number of methoxy groups -OCH3 is 1. The third kappa shape index (κ3) is 5.56. The Labute approximate surface area is 168 Å². The summed E-state index contributed by atoms with van der Waals surface area (Å²) >= 11 is 1.24. The van der Waals surface area contributed by atoms with Gasteiger partial charge in [0.15, 0.2) is 5.12 Å². The second-order valence-electron chi connectivity index (χ2n) is 6.61. The van der Waals surface area contributed by atoms with E-state index in [9.17, 15) is 19.2 Å². The zero-order valence-electron chi connectivity index (χ0n) is 16.4. The number of hydrogen-bond acceptors (Lipinski definition) is 7. The van der Waals surface area contributed by atoms with Crippen LogP contribution in [0.4, 0.5) is 5.69 Å². The van der Waals surface area contributed by atoms with Crippen LogP contribution in [0.1, 0.15) is 23.7 Å². The molecule has 28 heavy (non-hydrogen) atoms. The average molecular weight is 407 g/mol. The van der Waals surface area contributed by atoms with E-state index in [0.717, 1.165) is 0 Å². The number of thioether (sulfide) groups is 1. The van der Waals surface area contributed by atoms with E-state index < -0.39 is 5.97 Å². The number of rotatable bonds is 6. The van der Waals surface area contributed by atoms with E-state index in [2.05, 4.69) is 10.1 Å². The summed E-state index contributed by atoms with van der Waals surface area (Å²) in [6.07, 6.45) is 0.562. The van der Waals surface area contributed by atoms with Crippen molar-refractivity contribution in [2.24, 2.45) is 0 Å². The van der Waals surface area contributed by atoms with E-state index >= 15 is 0 Å². The van der Waals surface area contributed by atoms with Crippen LogP contribution in [0.5, 0.6) is 0 Å². The summed E-state index contributed by atoms with van der Waals surface area (Å²) in [4.78, 5) is 50.6. The highest BCUT2D eigenvalue weighted by Crippen LogP contribution is 2.22. The minimum absolute atomic E-state index is 0.0308. The quantitative estimate of drug-likeness (QED) is 0.700. The largest absolute Gasteiger partial charge is 0.465 e. The van der Waals surface area contributed by atoms with Crippen molar-refractivity contribution < 1.29 is 23.9 Å². The van der Waals surface area contributed by atoms with Gasteiger partial charge in [-0.1, -0.05) is 11.8 Å². The van der Waals surface area contributed by atoms with Crippen molar-refractivity contribution in [3.63, 3.8) is 0 Å². The van der Waals surface area contributed by atoms with Gasteiger partial charge < -0.3 is 19.9 Å². The lowest BCUT2D eigenvalue weighted by Gasteiger charge is -2.24. The summed E-state index contributed by atoms with van der Waals surface area (Å²) in [5, 5.41) is 3.22. The van der Waals surface area contributed by atoms with E-state index in [1.165, 1.54) is 35.6 Å². The van der Waals surface area contributed by atoms with Crippen LogP contribution in [0.2, 0.25) is 0 Å². The number of nitrogens with one attached hydrogen (secondary N) is 1. The minimum atomic E-state index is -0.448. The SMILES string of the molecule is COC(=O)c1ccc(N(C)C(=O)CN(C)C(=O)C2CC(SC(C)=O)CN2)cc1. The van der Waals surface area contributed by atoms with Crippen molar-refractivity contribution >= 4 is 40.3 Å². The van der Waals surface area contributed by atoms with Crippen LogP contribution in [0.15, 0.2) is 24.3 Å². The first-order valence-corrected chi connectivity index (χ1v) is 9.71. The van der Waals surface area contributed by atoms with Crippen molar-refractivity contribution in [1.82, 2.24) is 10.2 Å². The monoisotopic (exact) mass is 407 g/mol. The number of carbonyl (C=O) groups excluding carboxylic acids is 4. The van der Waals surface area contributed by atoms with Crippen molar-refractivity contribution in [1.29, 1.82) is 0 Å². The molecule has 0 radical (unpaired) electrons. The van der Waals surface area contributed by atoms with Crippen LogP contribution in [0, 0.1) is 0 Å². The number of benzene rings is 1. The van der Waals surface area contributed by atoms with Gasteiger partial charge in [-0.05, 0) is 30.7 Å². The molecule has 1 heterocycles. The molecular weight excluding hydrogens is 382 g/mol. The van der Waals surface area contributed by atoms with E-state index in [1.54, 1.807) is 38.4 Å². The first kappa shape index (κ1) is 21.9. The number of carbonyl (C=O) groups is 4. The number of likely N-dealkylation sites (N-methyl/N-ethyl adjacent to an activating group) is 2. The lowest BCUT2D eigenvalue weighted by Crippen LogP contribution is -2.46. The van der Waals surface area contributed by atoms with Crippen LogP contribution < -0.4 is 10.2 Å². The molecule has 1 fully saturated rings. The smallest absolute Gasteiger partial charge is 0.337 e. The number of hydrogen-bond donors (Lipinski definition) is 1. The van der Waals surface area contributed by atoms with Crippen LogP contribution >= 0.6 is 11.8 Å². The number of ether oxygens (including phenoxy) is 1. The van der Waals surface area contributed by atoms with Gasteiger partial charge in [-0.25, -0.2) is 4.79 Å². The Morgan fingerprint density at radius 2 is 1.82 bits per heavy atom. The molecule has 1 saturated heterocycles. The molecule has 1 aliphatic heterocycles. The molecule has 152 valence electrons. The maximum atomic E-state index is 12.6. The zero-order chi connectivity index (χ0) is 20.8. The van der Waals surface area contributed by atoms with E-state index in [0.29, 0.717) is 24.2 Å². The predicted molar refractivity (Wildman–Crippen MR) is 107 cm³/mol. The molecule has 2 rings (SSSR count). The topological polar surface area (TPSA) is 96.0 Å². The molecule has 2 atom stereocenters. The van der Waals surface area contributed by atoms with Gasteiger partial charge in [0, 0.05) is 38.5 Å². The number of esters is 1. The molecule has 2 unspecified atom stereocenters. The van der Waals surface area contributed by atoms with Gasteiger partial charge in [-0.3, -0.25) is 14.4 Å². The van der Waals surface area contributed by atoms with Crippen LogP contribution in [0.3, 0.4) is 0 Å². The third-order valence-electron chi connectivity index (χ3n) is 4.52. The third-order valence-corrected chi connectivity index (χ3v) is 5.54. The van der Waals surface area contributed by atoms with Gasteiger partial charge >= 0.3 is 5.97 Å².